The summed E-state index contributed by atoms with van der Waals surface area (Å²) in [6, 6.07) is 17.2. The smallest absolute Gasteiger partial charge is 0.270 e. The van der Waals surface area contributed by atoms with Gasteiger partial charge in [0, 0.05) is 34.2 Å². The molecule has 0 saturated carbocycles. The van der Waals surface area contributed by atoms with Gasteiger partial charge in [-0.15, -0.1) is 0 Å². The van der Waals surface area contributed by atoms with Gasteiger partial charge < -0.3 is 15.2 Å². The summed E-state index contributed by atoms with van der Waals surface area (Å²) < 4.78 is 0.916. The van der Waals surface area contributed by atoms with E-state index in [4.69, 9.17) is 0 Å². The lowest BCUT2D eigenvalue weighted by atomic mass is 9.96. The molecule has 2 aromatic carbocycles. The monoisotopic (exact) mass is 425 g/mol. The summed E-state index contributed by atoms with van der Waals surface area (Å²) in [4.78, 5) is 30.5. The fraction of sp³-hybridized carbons (Fsp3) is 0.238. The number of nitrogens with zero attached hydrogens (tertiary/aromatic N) is 1. The molecule has 5 nitrogen and oxygen atoms in total. The van der Waals surface area contributed by atoms with Crippen LogP contribution in [-0.2, 0) is 4.79 Å². The average molecular weight is 426 g/mol. The maximum Gasteiger partial charge on any atom is 0.270 e. The van der Waals surface area contributed by atoms with Gasteiger partial charge in [0.25, 0.3) is 5.91 Å². The van der Waals surface area contributed by atoms with E-state index in [-0.39, 0.29) is 17.7 Å². The minimum absolute atomic E-state index is 0.0396. The largest absolute Gasteiger partial charge is 0.351 e. The Morgan fingerprint density at radius 1 is 1.11 bits per heavy atom. The molecule has 0 bridgehead atoms. The van der Waals surface area contributed by atoms with Gasteiger partial charge in [0.1, 0.15) is 5.69 Å². The second-order valence-electron chi connectivity index (χ2n) is 6.86. The molecule has 1 unspecified atom stereocenters. The standard InChI is InChI=1S/C21H20BrN3O2/c22-16-7-3-8-17(12-16)23-20(26)15-6-4-10-25(13-15)21(27)19-11-14-5-1-2-9-18(14)24-19/h1-3,5,7-9,11-12,15,24H,4,6,10,13H2,(H,23,26). The number of aromatic nitrogens is 1. The number of carbonyl (C=O) groups is 2. The molecule has 138 valence electrons. The number of carbonyl (C=O) groups excluding carboxylic acids is 2. The number of H-pyrrole nitrogens is 1. The van der Waals surface area contributed by atoms with Crippen molar-refractivity contribution in [2.45, 2.75) is 12.8 Å². The van der Waals surface area contributed by atoms with Crippen LogP contribution in [0, 0.1) is 5.92 Å². The lowest BCUT2D eigenvalue weighted by Gasteiger charge is -2.31. The minimum Gasteiger partial charge on any atom is -0.351 e. The Labute approximate surface area is 165 Å². The van der Waals surface area contributed by atoms with E-state index < -0.39 is 0 Å². The first-order valence-electron chi connectivity index (χ1n) is 9.03. The van der Waals surface area contributed by atoms with Crippen LogP contribution in [0.3, 0.4) is 0 Å². The van der Waals surface area contributed by atoms with Crippen molar-refractivity contribution >= 4 is 44.3 Å². The van der Waals surface area contributed by atoms with Crippen molar-refractivity contribution in [3.63, 3.8) is 0 Å². The summed E-state index contributed by atoms with van der Waals surface area (Å²) in [5, 5.41) is 3.97. The van der Waals surface area contributed by atoms with Gasteiger partial charge in [0.05, 0.1) is 5.92 Å². The van der Waals surface area contributed by atoms with Crippen molar-refractivity contribution in [3.8, 4) is 0 Å². The van der Waals surface area contributed by atoms with Crippen LogP contribution in [0.1, 0.15) is 23.3 Å². The number of fused-ring (bicyclic) bond motifs is 1. The second-order valence-corrected chi connectivity index (χ2v) is 7.78. The number of amides is 2. The van der Waals surface area contributed by atoms with Crippen LogP contribution in [0.5, 0.6) is 0 Å². The number of hydrogen-bond donors (Lipinski definition) is 2. The topological polar surface area (TPSA) is 65.2 Å². The summed E-state index contributed by atoms with van der Waals surface area (Å²) in [7, 11) is 0. The Kier molecular flexibility index (Phi) is 4.99. The highest BCUT2D eigenvalue weighted by atomic mass is 79.9. The Hall–Kier alpha value is -2.60. The molecule has 1 saturated heterocycles. The zero-order valence-corrected chi connectivity index (χ0v) is 16.3. The van der Waals surface area contributed by atoms with Gasteiger partial charge in [-0.1, -0.05) is 40.2 Å². The van der Waals surface area contributed by atoms with E-state index in [2.05, 4.69) is 26.2 Å². The summed E-state index contributed by atoms with van der Waals surface area (Å²) >= 11 is 3.41. The van der Waals surface area contributed by atoms with Crippen molar-refractivity contribution in [2.24, 2.45) is 5.92 Å². The number of anilines is 1. The molecule has 0 spiro atoms. The van der Waals surface area contributed by atoms with E-state index in [1.165, 1.54) is 0 Å². The lowest BCUT2D eigenvalue weighted by molar-refractivity contribution is -0.121. The number of hydrogen-bond acceptors (Lipinski definition) is 2. The molecule has 1 atom stereocenters. The van der Waals surface area contributed by atoms with Crippen molar-refractivity contribution in [1.29, 1.82) is 0 Å². The summed E-state index contributed by atoms with van der Waals surface area (Å²) in [5.41, 5.74) is 2.28. The fourth-order valence-electron chi connectivity index (χ4n) is 3.55. The van der Waals surface area contributed by atoms with Gasteiger partial charge in [-0.2, -0.15) is 0 Å². The Morgan fingerprint density at radius 3 is 2.78 bits per heavy atom. The number of para-hydroxylation sites is 1. The first-order valence-corrected chi connectivity index (χ1v) is 9.83. The van der Waals surface area contributed by atoms with E-state index >= 15 is 0 Å². The Balaban J connectivity index is 1.45. The molecule has 4 rings (SSSR count). The Morgan fingerprint density at radius 2 is 1.96 bits per heavy atom. The van der Waals surface area contributed by atoms with E-state index in [0.717, 1.165) is 33.9 Å². The molecule has 3 aromatic rings. The SMILES string of the molecule is O=C(Nc1cccc(Br)c1)C1CCCN(C(=O)c2cc3ccccc3[nH]2)C1. The molecule has 6 heteroatoms. The van der Waals surface area contributed by atoms with Crippen LogP contribution in [0.15, 0.2) is 59.1 Å². The molecule has 1 aliphatic rings. The molecule has 1 fully saturated rings. The molecule has 0 radical (unpaired) electrons. The number of halogens is 1. The summed E-state index contributed by atoms with van der Waals surface area (Å²) in [5.74, 6) is -0.292. The van der Waals surface area contributed by atoms with Gasteiger partial charge in [-0.25, -0.2) is 0 Å². The van der Waals surface area contributed by atoms with Crippen LogP contribution < -0.4 is 5.32 Å². The second kappa shape index (κ2) is 7.56. The first kappa shape index (κ1) is 17.8. The Bertz CT molecular complexity index is 965. The first-order chi connectivity index (χ1) is 13.1. The van der Waals surface area contributed by atoms with Crippen LogP contribution in [0.4, 0.5) is 5.69 Å². The number of likely N-dealkylation sites (tertiary alicyclic amines) is 1. The average Bonchev–Trinajstić information content (AvgIpc) is 3.12. The van der Waals surface area contributed by atoms with Gasteiger partial charge in [-0.05, 0) is 43.2 Å². The van der Waals surface area contributed by atoms with E-state index in [9.17, 15) is 9.59 Å². The predicted octanol–water partition coefficient (Wildman–Crippen LogP) is 4.42. The summed E-state index contributed by atoms with van der Waals surface area (Å²) in [6.07, 6.45) is 1.61. The van der Waals surface area contributed by atoms with Crippen molar-refractivity contribution in [1.82, 2.24) is 9.88 Å². The molecule has 2 amide bonds. The highest BCUT2D eigenvalue weighted by molar-refractivity contribution is 9.10. The number of nitrogens with one attached hydrogen (secondary N) is 2. The molecule has 2 N–H and O–H groups in total. The van der Waals surface area contributed by atoms with Crippen molar-refractivity contribution in [3.05, 3.63) is 64.8 Å². The van der Waals surface area contributed by atoms with Crippen LogP contribution in [0.2, 0.25) is 0 Å². The van der Waals surface area contributed by atoms with Gasteiger partial charge >= 0.3 is 0 Å². The lowest BCUT2D eigenvalue weighted by Crippen LogP contribution is -2.43. The summed E-state index contributed by atoms with van der Waals surface area (Å²) in [6.45, 7) is 1.11. The maximum atomic E-state index is 12.9. The highest BCUT2D eigenvalue weighted by Crippen LogP contribution is 2.23. The van der Waals surface area contributed by atoms with Crippen molar-refractivity contribution in [2.75, 3.05) is 18.4 Å². The quantitative estimate of drug-likeness (QED) is 0.651. The molecule has 1 aromatic heterocycles. The van der Waals surface area contributed by atoms with Crippen molar-refractivity contribution < 1.29 is 9.59 Å². The highest BCUT2D eigenvalue weighted by Gasteiger charge is 2.29. The number of benzene rings is 2. The van der Waals surface area contributed by atoms with E-state index in [1.54, 1.807) is 4.90 Å². The van der Waals surface area contributed by atoms with Gasteiger partial charge in [0.15, 0.2) is 0 Å². The molecule has 2 heterocycles. The number of piperidine rings is 1. The number of aromatic amines is 1. The minimum atomic E-state index is -0.203. The third kappa shape index (κ3) is 3.90. The zero-order valence-electron chi connectivity index (χ0n) is 14.7. The van der Waals surface area contributed by atoms with Crippen LogP contribution >= 0.6 is 15.9 Å². The van der Waals surface area contributed by atoms with Crippen LogP contribution in [0.25, 0.3) is 10.9 Å². The van der Waals surface area contributed by atoms with E-state index in [0.29, 0.717) is 18.8 Å². The fourth-order valence-corrected chi connectivity index (χ4v) is 3.94. The molecule has 1 aliphatic heterocycles. The number of rotatable bonds is 3. The predicted molar refractivity (Wildman–Crippen MR) is 110 cm³/mol. The van der Waals surface area contributed by atoms with Crippen LogP contribution in [-0.4, -0.2) is 34.8 Å². The zero-order chi connectivity index (χ0) is 18.8. The third-order valence-corrected chi connectivity index (χ3v) is 5.43. The maximum absolute atomic E-state index is 12.9. The van der Waals surface area contributed by atoms with E-state index in [1.807, 2.05) is 54.6 Å². The molecular weight excluding hydrogens is 406 g/mol. The third-order valence-electron chi connectivity index (χ3n) is 4.93. The van der Waals surface area contributed by atoms with Gasteiger partial charge in [-0.3, -0.25) is 9.59 Å². The molecule has 27 heavy (non-hydrogen) atoms. The molecular formula is C21H20BrN3O2. The van der Waals surface area contributed by atoms with Gasteiger partial charge in [0.2, 0.25) is 5.91 Å². The molecule has 0 aliphatic carbocycles. The normalized spacial score (nSPS) is 17.1.